The Bertz CT molecular complexity index is 1310. The molecular formula is C27H27N5O. The maximum absolute atomic E-state index is 12.6. The lowest BCUT2D eigenvalue weighted by atomic mass is 10.1. The topological polar surface area (TPSA) is 63.1 Å². The number of hydrogen-bond acceptors (Lipinski definition) is 5. The van der Waals surface area contributed by atoms with Crippen molar-refractivity contribution in [3.05, 3.63) is 94.9 Å². The molecular weight excluding hydrogens is 410 g/mol. The lowest BCUT2D eigenvalue weighted by molar-refractivity contribution is 0.578. The van der Waals surface area contributed by atoms with Gasteiger partial charge >= 0.3 is 0 Å². The molecule has 1 fully saturated rings. The van der Waals surface area contributed by atoms with E-state index in [1.54, 1.807) is 22.9 Å². The molecule has 1 N–H and O–H groups in total. The molecule has 3 heterocycles. The molecule has 6 heteroatoms. The lowest BCUT2D eigenvalue weighted by Crippen LogP contribution is -2.29. The summed E-state index contributed by atoms with van der Waals surface area (Å²) in [5.41, 5.74) is 3.79. The molecule has 0 aliphatic carbocycles. The van der Waals surface area contributed by atoms with E-state index in [-0.39, 0.29) is 5.56 Å². The number of piperidine rings is 1. The van der Waals surface area contributed by atoms with E-state index in [1.165, 1.54) is 24.9 Å². The van der Waals surface area contributed by atoms with E-state index in [0.29, 0.717) is 18.1 Å². The Morgan fingerprint density at radius 2 is 1.70 bits per heavy atom. The highest BCUT2D eigenvalue weighted by atomic mass is 16.1. The summed E-state index contributed by atoms with van der Waals surface area (Å²) in [4.78, 5) is 24.1. The van der Waals surface area contributed by atoms with Gasteiger partial charge in [0.2, 0.25) is 5.95 Å². The zero-order valence-electron chi connectivity index (χ0n) is 18.5. The van der Waals surface area contributed by atoms with Gasteiger partial charge in [0.15, 0.2) is 0 Å². The molecule has 1 aliphatic heterocycles. The standard InChI is InChI=1S/C27H27N5O/c33-25-16-11-22-20-28-27(29-23-12-14-24(15-13-23)31-17-5-2-6-18-31)30-26(22)32(25)19-7-10-21-8-3-1-4-9-21/h1,3-4,7-16,20H,2,5-6,17-19H2,(H,28,29,30). The van der Waals surface area contributed by atoms with E-state index < -0.39 is 0 Å². The zero-order chi connectivity index (χ0) is 22.5. The first-order chi connectivity index (χ1) is 16.3. The summed E-state index contributed by atoms with van der Waals surface area (Å²) >= 11 is 0. The summed E-state index contributed by atoms with van der Waals surface area (Å²) in [7, 11) is 0. The normalized spacial score (nSPS) is 14.1. The molecule has 5 rings (SSSR count). The van der Waals surface area contributed by atoms with Crippen LogP contribution in [0.3, 0.4) is 0 Å². The second-order valence-electron chi connectivity index (χ2n) is 8.29. The molecule has 0 bridgehead atoms. The van der Waals surface area contributed by atoms with Crippen LogP contribution in [0.15, 0.2) is 83.8 Å². The minimum atomic E-state index is -0.0873. The third-order valence-corrected chi connectivity index (χ3v) is 5.97. The number of benzene rings is 2. The third-order valence-electron chi connectivity index (χ3n) is 5.97. The van der Waals surface area contributed by atoms with Crippen molar-refractivity contribution in [3.63, 3.8) is 0 Å². The SMILES string of the molecule is O=c1ccc2cnc(Nc3ccc(N4CCCCC4)cc3)nc2n1CC=Cc1ccccc1. The highest BCUT2D eigenvalue weighted by Gasteiger charge is 2.11. The van der Waals surface area contributed by atoms with Crippen LogP contribution in [0.1, 0.15) is 24.8 Å². The number of fused-ring (bicyclic) bond motifs is 1. The molecule has 6 nitrogen and oxygen atoms in total. The third kappa shape index (κ3) is 4.95. The molecule has 0 atom stereocenters. The summed E-state index contributed by atoms with van der Waals surface area (Å²) in [6.07, 6.45) is 9.58. The molecule has 1 aliphatic rings. The Labute approximate surface area is 193 Å². The minimum Gasteiger partial charge on any atom is -0.372 e. The van der Waals surface area contributed by atoms with Gasteiger partial charge in [0, 0.05) is 48.7 Å². The van der Waals surface area contributed by atoms with Crippen molar-refractivity contribution in [3.8, 4) is 0 Å². The van der Waals surface area contributed by atoms with Crippen molar-refractivity contribution in [1.82, 2.24) is 14.5 Å². The number of aromatic nitrogens is 3. The van der Waals surface area contributed by atoms with Gasteiger partial charge in [-0.3, -0.25) is 9.36 Å². The Hall–Kier alpha value is -3.93. The van der Waals surface area contributed by atoms with Gasteiger partial charge in [-0.05, 0) is 55.2 Å². The summed E-state index contributed by atoms with van der Waals surface area (Å²) in [6.45, 7) is 2.68. The van der Waals surface area contributed by atoms with Crippen LogP contribution in [0.4, 0.5) is 17.3 Å². The average molecular weight is 438 g/mol. The number of nitrogens with zero attached hydrogens (tertiary/aromatic N) is 4. The van der Waals surface area contributed by atoms with E-state index >= 15 is 0 Å². The first-order valence-electron chi connectivity index (χ1n) is 11.5. The van der Waals surface area contributed by atoms with E-state index in [2.05, 4.69) is 44.5 Å². The maximum Gasteiger partial charge on any atom is 0.252 e. The second-order valence-corrected chi connectivity index (χ2v) is 8.29. The highest BCUT2D eigenvalue weighted by molar-refractivity contribution is 5.76. The van der Waals surface area contributed by atoms with E-state index in [1.807, 2.05) is 42.5 Å². The van der Waals surface area contributed by atoms with Gasteiger partial charge in [-0.2, -0.15) is 4.98 Å². The quantitative estimate of drug-likeness (QED) is 0.447. The molecule has 0 unspecified atom stereocenters. The van der Waals surface area contributed by atoms with Crippen molar-refractivity contribution >= 4 is 34.4 Å². The van der Waals surface area contributed by atoms with Crippen molar-refractivity contribution in [1.29, 1.82) is 0 Å². The largest absolute Gasteiger partial charge is 0.372 e. The van der Waals surface area contributed by atoms with Crippen LogP contribution in [0.25, 0.3) is 17.1 Å². The van der Waals surface area contributed by atoms with Crippen LogP contribution in [-0.4, -0.2) is 27.6 Å². The van der Waals surface area contributed by atoms with Crippen LogP contribution in [0.2, 0.25) is 0 Å². The minimum absolute atomic E-state index is 0.0873. The molecule has 33 heavy (non-hydrogen) atoms. The second kappa shape index (κ2) is 9.69. The number of anilines is 3. The number of allylic oxidation sites excluding steroid dienone is 1. The van der Waals surface area contributed by atoms with Crippen LogP contribution < -0.4 is 15.8 Å². The number of hydrogen-bond donors (Lipinski definition) is 1. The Kier molecular flexibility index (Phi) is 6.15. The van der Waals surface area contributed by atoms with Crippen molar-refractivity contribution < 1.29 is 0 Å². The molecule has 166 valence electrons. The smallest absolute Gasteiger partial charge is 0.252 e. The van der Waals surface area contributed by atoms with Gasteiger partial charge in [0.1, 0.15) is 5.65 Å². The van der Waals surface area contributed by atoms with E-state index in [4.69, 9.17) is 0 Å². The van der Waals surface area contributed by atoms with Crippen molar-refractivity contribution in [2.75, 3.05) is 23.3 Å². The van der Waals surface area contributed by atoms with Gasteiger partial charge in [-0.15, -0.1) is 0 Å². The van der Waals surface area contributed by atoms with Gasteiger partial charge in [-0.1, -0.05) is 42.5 Å². The summed E-state index contributed by atoms with van der Waals surface area (Å²) in [5, 5.41) is 4.11. The molecule has 2 aromatic carbocycles. The van der Waals surface area contributed by atoms with Crippen molar-refractivity contribution in [2.45, 2.75) is 25.8 Å². The fourth-order valence-corrected chi connectivity index (χ4v) is 4.20. The van der Waals surface area contributed by atoms with Crippen molar-refractivity contribution in [2.24, 2.45) is 0 Å². The van der Waals surface area contributed by atoms with Gasteiger partial charge in [0.05, 0.1) is 0 Å². The summed E-state index contributed by atoms with van der Waals surface area (Å²) in [6, 6.07) is 21.8. The van der Waals surface area contributed by atoms with Gasteiger partial charge in [-0.25, -0.2) is 4.98 Å². The molecule has 0 saturated carbocycles. The summed E-state index contributed by atoms with van der Waals surface area (Å²) < 4.78 is 1.67. The Morgan fingerprint density at radius 3 is 2.48 bits per heavy atom. The molecule has 2 aromatic heterocycles. The number of pyridine rings is 1. The van der Waals surface area contributed by atoms with Crippen LogP contribution in [0.5, 0.6) is 0 Å². The van der Waals surface area contributed by atoms with E-state index in [9.17, 15) is 4.79 Å². The summed E-state index contributed by atoms with van der Waals surface area (Å²) in [5.74, 6) is 0.472. The molecule has 0 amide bonds. The van der Waals surface area contributed by atoms with Crippen LogP contribution >= 0.6 is 0 Å². The number of rotatable bonds is 6. The fraction of sp³-hybridized carbons (Fsp3) is 0.222. The predicted molar refractivity (Wildman–Crippen MR) is 135 cm³/mol. The van der Waals surface area contributed by atoms with E-state index in [0.717, 1.165) is 29.7 Å². The molecule has 0 spiro atoms. The van der Waals surface area contributed by atoms with Gasteiger partial charge in [0.25, 0.3) is 5.56 Å². The zero-order valence-corrected chi connectivity index (χ0v) is 18.5. The molecule has 0 radical (unpaired) electrons. The average Bonchev–Trinajstić information content (AvgIpc) is 2.87. The number of nitrogens with one attached hydrogen (secondary N) is 1. The first-order valence-corrected chi connectivity index (χ1v) is 11.5. The van der Waals surface area contributed by atoms with Crippen LogP contribution in [-0.2, 0) is 6.54 Å². The Morgan fingerprint density at radius 1 is 0.909 bits per heavy atom. The maximum atomic E-state index is 12.6. The molecule has 1 saturated heterocycles. The highest BCUT2D eigenvalue weighted by Crippen LogP contribution is 2.23. The monoisotopic (exact) mass is 437 g/mol. The lowest BCUT2D eigenvalue weighted by Gasteiger charge is -2.28. The van der Waals surface area contributed by atoms with Gasteiger partial charge < -0.3 is 10.2 Å². The molecule has 4 aromatic rings. The first kappa shape index (κ1) is 20.9. The Balaban J connectivity index is 1.36. The fourth-order valence-electron chi connectivity index (χ4n) is 4.20. The van der Waals surface area contributed by atoms with Crippen LogP contribution in [0, 0.1) is 0 Å². The predicted octanol–water partition coefficient (Wildman–Crippen LogP) is 5.24.